The fraction of sp³-hybridized carbons (Fsp3) is 0. The quantitative estimate of drug-likeness (QED) is 0.288. The summed E-state index contributed by atoms with van der Waals surface area (Å²) < 4.78 is 0. The van der Waals surface area contributed by atoms with Gasteiger partial charge in [-0.3, -0.25) is 0 Å². The van der Waals surface area contributed by atoms with Crippen LogP contribution in [-0.4, -0.2) is 9.97 Å². The van der Waals surface area contributed by atoms with E-state index in [-0.39, 0.29) is 0 Å². The summed E-state index contributed by atoms with van der Waals surface area (Å²) in [5.41, 5.74) is 7.97. The van der Waals surface area contributed by atoms with E-state index in [2.05, 4.69) is 28.2 Å². The van der Waals surface area contributed by atoms with Crippen molar-refractivity contribution in [2.75, 3.05) is 0 Å². The number of hydrogen-bond acceptors (Lipinski definition) is 0. The molecule has 0 aliphatic rings. The molecule has 2 aromatic heterocycles. The smallest absolute Gasteiger partial charge is 0.0739 e. The average Bonchev–Trinajstić information content (AvgIpc) is 3.38. The van der Waals surface area contributed by atoms with Crippen molar-refractivity contribution in [3.63, 3.8) is 0 Å². The van der Waals surface area contributed by atoms with Crippen LogP contribution in [0.3, 0.4) is 0 Å². The standard InChI is InChI=1S/C26H18Cl2N2/c27-23-21(15-29-25(23)17-8-3-1-4-9-17)19-12-7-13-20(14-19)22-16-30-26(24(22)28)18-10-5-2-6-11-18/h1-16,29-30H. The molecule has 0 spiro atoms. The number of halogens is 2. The van der Waals surface area contributed by atoms with Gasteiger partial charge in [0.05, 0.1) is 21.4 Å². The van der Waals surface area contributed by atoms with Crippen molar-refractivity contribution in [1.29, 1.82) is 0 Å². The molecule has 30 heavy (non-hydrogen) atoms. The van der Waals surface area contributed by atoms with E-state index >= 15 is 0 Å². The summed E-state index contributed by atoms with van der Waals surface area (Å²) in [6, 6.07) is 28.5. The lowest BCUT2D eigenvalue weighted by Gasteiger charge is -2.06. The number of rotatable bonds is 4. The van der Waals surface area contributed by atoms with E-state index in [4.69, 9.17) is 23.2 Å². The Balaban J connectivity index is 1.54. The summed E-state index contributed by atoms with van der Waals surface area (Å²) >= 11 is 13.5. The van der Waals surface area contributed by atoms with Crippen LogP contribution in [0.15, 0.2) is 97.3 Å². The van der Waals surface area contributed by atoms with E-state index in [9.17, 15) is 0 Å². The average molecular weight is 429 g/mol. The van der Waals surface area contributed by atoms with Gasteiger partial charge in [0.15, 0.2) is 0 Å². The molecule has 0 unspecified atom stereocenters. The first-order chi connectivity index (χ1) is 14.7. The first-order valence-electron chi connectivity index (χ1n) is 9.68. The second-order valence-corrected chi connectivity index (χ2v) is 7.85. The van der Waals surface area contributed by atoms with Gasteiger partial charge in [-0.2, -0.15) is 0 Å². The van der Waals surface area contributed by atoms with Crippen LogP contribution < -0.4 is 0 Å². The zero-order chi connectivity index (χ0) is 20.5. The van der Waals surface area contributed by atoms with Crippen molar-refractivity contribution >= 4 is 23.2 Å². The molecule has 0 amide bonds. The molecule has 2 N–H and O–H groups in total. The molecule has 0 aliphatic heterocycles. The molecular weight excluding hydrogens is 411 g/mol. The molecule has 4 heteroatoms. The van der Waals surface area contributed by atoms with Crippen LogP contribution in [0, 0.1) is 0 Å². The van der Waals surface area contributed by atoms with Crippen molar-refractivity contribution in [2.45, 2.75) is 0 Å². The SMILES string of the molecule is Clc1c(-c2cccc(-c3c[nH]c(-c4ccccc4)c3Cl)c2)c[nH]c1-c1ccccc1. The van der Waals surface area contributed by atoms with Crippen molar-refractivity contribution in [1.82, 2.24) is 9.97 Å². The third-order valence-corrected chi connectivity index (χ3v) is 6.03. The Morgan fingerprint density at radius 1 is 0.467 bits per heavy atom. The first kappa shape index (κ1) is 18.8. The molecule has 2 heterocycles. The maximum absolute atomic E-state index is 6.74. The van der Waals surface area contributed by atoms with E-state index in [1.54, 1.807) is 0 Å². The van der Waals surface area contributed by atoms with Gasteiger partial charge < -0.3 is 9.97 Å². The highest BCUT2D eigenvalue weighted by Crippen LogP contribution is 2.40. The summed E-state index contributed by atoms with van der Waals surface area (Å²) in [6.07, 6.45) is 3.91. The van der Waals surface area contributed by atoms with Gasteiger partial charge in [0.2, 0.25) is 0 Å². The molecule has 0 saturated heterocycles. The molecule has 0 bridgehead atoms. The zero-order valence-corrected chi connectivity index (χ0v) is 17.5. The first-order valence-corrected chi connectivity index (χ1v) is 10.4. The van der Waals surface area contributed by atoms with Gasteiger partial charge in [0.1, 0.15) is 0 Å². The van der Waals surface area contributed by atoms with Crippen LogP contribution in [0.5, 0.6) is 0 Å². The van der Waals surface area contributed by atoms with Gasteiger partial charge in [-0.25, -0.2) is 0 Å². The topological polar surface area (TPSA) is 31.6 Å². The molecular formula is C26H18Cl2N2. The fourth-order valence-corrected chi connectivity index (χ4v) is 4.37. The van der Waals surface area contributed by atoms with E-state index in [1.807, 2.05) is 79.1 Å². The normalized spacial score (nSPS) is 11.0. The lowest BCUT2D eigenvalue weighted by molar-refractivity contribution is 1.40. The third kappa shape index (κ3) is 3.35. The van der Waals surface area contributed by atoms with E-state index in [0.29, 0.717) is 10.0 Å². The minimum absolute atomic E-state index is 0.712. The Kier molecular flexibility index (Phi) is 4.96. The molecule has 0 atom stereocenters. The van der Waals surface area contributed by atoms with Crippen molar-refractivity contribution < 1.29 is 0 Å². The fourth-order valence-electron chi connectivity index (χ4n) is 3.72. The lowest BCUT2D eigenvalue weighted by atomic mass is 10.0. The molecule has 0 radical (unpaired) electrons. The van der Waals surface area contributed by atoms with Crippen LogP contribution in [0.2, 0.25) is 10.0 Å². The van der Waals surface area contributed by atoms with Gasteiger partial charge in [-0.05, 0) is 28.3 Å². The molecule has 2 nitrogen and oxygen atoms in total. The number of aromatic nitrogens is 2. The summed E-state index contributed by atoms with van der Waals surface area (Å²) in [5.74, 6) is 0. The Hall–Kier alpha value is -3.20. The highest BCUT2D eigenvalue weighted by molar-refractivity contribution is 6.36. The predicted octanol–water partition coefficient (Wildman–Crippen LogP) is 8.32. The van der Waals surface area contributed by atoms with Gasteiger partial charge >= 0.3 is 0 Å². The van der Waals surface area contributed by atoms with Crippen LogP contribution in [0.25, 0.3) is 44.8 Å². The van der Waals surface area contributed by atoms with Gasteiger partial charge in [0, 0.05) is 23.5 Å². The predicted molar refractivity (Wildman–Crippen MR) is 127 cm³/mol. The zero-order valence-electron chi connectivity index (χ0n) is 16.0. The van der Waals surface area contributed by atoms with Crippen LogP contribution in [0.1, 0.15) is 0 Å². The maximum atomic E-state index is 6.74. The van der Waals surface area contributed by atoms with Crippen molar-refractivity contribution in [3.05, 3.63) is 107 Å². The molecule has 5 rings (SSSR count). The summed E-state index contributed by atoms with van der Waals surface area (Å²) in [5, 5.41) is 1.42. The highest BCUT2D eigenvalue weighted by atomic mass is 35.5. The van der Waals surface area contributed by atoms with Gasteiger partial charge in [-0.1, -0.05) is 102 Å². The molecule has 0 aliphatic carbocycles. The summed E-state index contributed by atoms with van der Waals surface area (Å²) in [7, 11) is 0. The minimum Gasteiger partial charge on any atom is -0.359 e. The second-order valence-electron chi connectivity index (χ2n) is 7.10. The number of H-pyrrole nitrogens is 2. The van der Waals surface area contributed by atoms with E-state index < -0.39 is 0 Å². The molecule has 5 aromatic rings. The molecule has 0 fully saturated rings. The number of nitrogens with one attached hydrogen (secondary N) is 2. The Labute approximate surface area is 185 Å². The van der Waals surface area contributed by atoms with E-state index in [1.165, 1.54) is 0 Å². The van der Waals surface area contributed by atoms with Crippen LogP contribution in [-0.2, 0) is 0 Å². The van der Waals surface area contributed by atoms with Crippen molar-refractivity contribution in [2.24, 2.45) is 0 Å². The number of aromatic amines is 2. The Morgan fingerprint density at radius 3 is 1.30 bits per heavy atom. The monoisotopic (exact) mass is 428 g/mol. The van der Waals surface area contributed by atoms with Gasteiger partial charge in [-0.15, -0.1) is 0 Å². The van der Waals surface area contributed by atoms with E-state index in [0.717, 1.165) is 44.8 Å². The molecule has 0 saturated carbocycles. The summed E-state index contributed by atoms with van der Waals surface area (Å²) in [4.78, 5) is 6.64. The Morgan fingerprint density at radius 2 is 0.867 bits per heavy atom. The summed E-state index contributed by atoms with van der Waals surface area (Å²) in [6.45, 7) is 0. The number of hydrogen-bond donors (Lipinski definition) is 2. The van der Waals surface area contributed by atoms with Gasteiger partial charge in [0.25, 0.3) is 0 Å². The molecule has 3 aromatic carbocycles. The van der Waals surface area contributed by atoms with Crippen LogP contribution >= 0.6 is 23.2 Å². The molecule has 146 valence electrons. The minimum atomic E-state index is 0.712. The third-order valence-electron chi connectivity index (χ3n) is 5.24. The lowest BCUT2D eigenvalue weighted by Crippen LogP contribution is -1.81. The van der Waals surface area contributed by atoms with Crippen LogP contribution in [0.4, 0.5) is 0 Å². The number of benzene rings is 3. The Bertz CT molecular complexity index is 1200. The second kappa shape index (κ2) is 7.91. The highest BCUT2D eigenvalue weighted by Gasteiger charge is 2.16. The van der Waals surface area contributed by atoms with Crippen molar-refractivity contribution in [3.8, 4) is 44.8 Å². The maximum Gasteiger partial charge on any atom is 0.0739 e. The largest absolute Gasteiger partial charge is 0.359 e.